The van der Waals surface area contributed by atoms with E-state index in [-0.39, 0.29) is 5.95 Å². The minimum Gasteiger partial charge on any atom is -0.481 e. The fourth-order valence-corrected chi connectivity index (χ4v) is 3.00. The standard InChI is InChI=1S/C20H38N4O/c1-3-4-5-6-7-8-9-10-11-12-13-14-15-16-22-18-17-19(25-2)24-20(21)23-18/h17H,3-16H2,1-2H3,(H3,21,22,23,24). The molecule has 0 bridgehead atoms. The van der Waals surface area contributed by atoms with Crippen molar-refractivity contribution in [3.05, 3.63) is 6.07 Å². The van der Waals surface area contributed by atoms with Gasteiger partial charge in [-0.3, -0.25) is 0 Å². The quantitative estimate of drug-likeness (QED) is 0.381. The van der Waals surface area contributed by atoms with Crippen LogP contribution in [0.1, 0.15) is 90.4 Å². The molecule has 0 aromatic carbocycles. The van der Waals surface area contributed by atoms with E-state index < -0.39 is 0 Å². The highest BCUT2D eigenvalue weighted by Crippen LogP contribution is 2.15. The van der Waals surface area contributed by atoms with E-state index >= 15 is 0 Å². The van der Waals surface area contributed by atoms with E-state index in [1.165, 1.54) is 77.0 Å². The van der Waals surface area contributed by atoms with Crippen LogP contribution >= 0.6 is 0 Å². The number of methoxy groups -OCH3 is 1. The van der Waals surface area contributed by atoms with Gasteiger partial charge in [0.25, 0.3) is 0 Å². The molecule has 0 unspecified atom stereocenters. The number of nitrogen functional groups attached to an aromatic ring is 1. The van der Waals surface area contributed by atoms with E-state index in [1.54, 1.807) is 13.2 Å². The Kier molecular flexibility index (Phi) is 12.7. The van der Waals surface area contributed by atoms with Crippen LogP contribution in [-0.4, -0.2) is 23.6 Å². The number of hydrogen-bond acceptors (Lipinski definition) is 5. The average Bonchev–Trinajstić information content (AvgIpc) is 2.61. The summed E-state index contributed by atoms with van der Waals surface area (Å²) in [4.78, 5) is 8.13. The topological polar surface area (TPSA) is 73.1 Å². The molecular weight excluding hydrogens is 312 g/mol. The molecule has 1 aromatic rings. The Balaban J connectivity index is 1.88. The summed E-state index contributed by atoms with van der Waals surface area (Å²) in [5, 5.41) is 3.29. The summed E-state index contributed by atoms with van der Waals surface area (Å²) in [6.07, 6.45) is 17.8. The monoisotopic (exact) mass is 350 g/mol. The molecule has 0 saturated heterocycles. The van der Waals surface area contributed by atoms with Crippen molar-refractivity contribution in [2.45, 2.75) is 90.4 Å². The lowest BCUT2D eigenvalue weighted by atomic mass is 10.0. The molecule has 0 fully saturated rings. The van der Waals surface area contributed by atoms with Crippen molar-refractivity contribution in [1.29, 1.82) is 0 Å². The number of nitrogens with zero attached hydrogens (tertiary/aromatic N) is 2. The fourth-order valence-electron chi connectivity index (χ4n) is 3.00. The third kappa shape index (κ3) is 11.6. The number of nitrogens with one attached hydrogen (secondary N) is 1. The maximum absolute atomic E-state index is 5.64. The third-order valence-electron chi connectivity index (χ3n) is 4.52. The second kappa shape index (κ2) is 14.8. The summed E-state index contributed by atoms with van der Waals surface area (Å²) in [5.74, 6) is 1.48. The molecule has 0 spiro atoms. The van der Waals surface area contributed by atoms with Crippen LogP contribution in [0.2, 0.25) is 0 Å². The van der Waals surface area contributed by atoms with Crippen LogP contribution in [0.3, 0.4) is 0 Å². The Bertz CT molecular complexity index is 440. The van der Waals surface area contributed by atoms with Crippen molar-refractivity contribution in [2.24, 2.45) is 0 Å². The zero-order valence-electron chi connectivity index (χ0n) is 16.4. The first-order chi connectivity index (χ1) is 12.3. The molecule has 0 aliphatic heterocycles. The molecular formula is C20H38N4O. The molecule has 1 heterocycles. The van der Waals surface area contributed by atoms with E-state index in [1.807, 2.05) is 0 Å². The maximum atomic E-state index is 5.64. The Morgan fingerprint density at radius 2 is 1.36 bits per heavy atom. The number of ether oxygens (including phenoxy) is 1. The molecule has 1 rings (SSSR count). The predicted molar refractivity (Wildman–Crippen MR) is 107 cm³/mol. The van der Waals surface area contributed by atoms with Crippen molar-refractivity contribution >= 4 is 11.8 Å². The van der Waals surface area contributed by atoms with Crippen LogP contribution in [-0.2, 0) is 0 Å². The van der Waals surface area contributed by atoms with Crippen molar-refractivity contribution in [3.63, 3.8) is 0 Å². The Hall–Kier alpha value is -1.52. The largest absolute Gasteiger partial charge is 0.481 e. The number of aromatic nitrogens is 2. The van der Waals surface area contributed by atoms with Gasteiger partial charge in [-0.1, -0.05) is 84.0 Å². The first-order valence-electron chi connectivity index (χ1n) is 10.2. The lowest BCUT2D eigenvalue weighted by molar-refractivity contribution is 0.398. The zero-order chi connectivity index (χ0) is 18.2. The molecule has 144 valence electrons. The summed E-state index contributed by atoms with van der Waals surface area (Å²) in [6.45, 7) is 3.19. The molecule has 0 amide bonds. The molecule has 25 heavy (non-hydrogen) atoms. The van der Waals surface area contributed by atoms with Crippen molar-refractivity contribution < 1.29 is 4.74 Å². The van der Waals surface area contributed by atoms with Gasteiger partial charge in [0.15, 0.2) is 0 Å². The van der Waals surface area contributed by atoms with E-state index in [0.29, 0.717) is 5.88 Å². The lowest BCUT2D eigenvalue weighted by Gasteiger charge is -2.07. The first-order valence-corrected chi connectivity index (χ1v) is 10.2. The fraction of sp³-hybridized carbons (Fsp3) is 0.800. The SMILES string of the molecule is CCCCCCCCCCCCCCCNc1cc(OC)nc(N)n1. The van der Waals surface area contributed by atoms with Gasteiger partial charge >= 0.3 is 0 Å². The van der Waals surface area contributed by atoms with Crippen LogP contribution in [0, 0.1) is 0 Å². The molecule has 0 aliphatic rings. The third-order valence-corrected chi connectivity index (χ3v) is 4.52. The van der Waals surface area contributed by atoms with Gasteiger partial charge < -0.3 is 15.8 Å². The maximum Gasteiger partial charge on any atom is 0.225 e. The van der Waals surface area contributed by atoms with Gasteiger partial charge in [0.1, 0.15) is 5.82 Å². The summed E-state index contributed by atoms with van der Waals surface area (Å²) in [7, 11) is 1.58. The molecule has 5 heteroatoms. The second-order valence-electron chi connectivity index (χ2n) is 6.82. The van der Waals surface area contributed by atoms with Crippen molar-refractivity contribution in [1.82, 2.24) is 9.97 Å². The van der Waals surface area contributed by atoms with E-state index in [9.17, 15) is 0 Å². The molecule has 3 N–H and O–H groups in total. The lowest BCUT2D eigenvalue weighted by Crippen LogP contribution is -2.06. The van der Waals surface area contributed by atoms with Crippen LogP contribution in [0.25, 0.3) is 0 Å². The summed E-state index contributed by atoms with van der Waals surface area (Å²) in [6, 6.07) is 1.78. The molecule has 5 nitrogen and oxygen atoms in total. The Morgan fingerprint density at radius 3 is 1.88 bits per heavy atom. The molecule has 0 saturated carbocycles. The van der Waals surface area contributed by atoms with Gasteiger partial charge in [-0.15, -0.1) is 0 Å². The Morgan fingerprint density at radius 1 is 0.840 bits per heavy atom. The molecule has 1 aromatic heterocycles. The summed E-state index contributed by atoms with van der Waals surface area (Å²) < 4.78 is 5.09. The highest BCUT2D eigenvalue weighted by molar-refractivity contribution is 5.42. The summed E-state index contributed by atoms with van der Waals surface area (Å²) in [5.41, 5.74) is 5.64. The minimum atomic E-state index is 0.243. The molecule has 0 aliphatic carbocycles. The highest BCUT2D eigenvalue weighted by Gasteiger charge is 2.01. The van der Waals surface area contributed by atoms with Crippen LogP contribution in [0.15, 0.2) is 6.07 Å². The normalized spacial score (nSPS) is 10.8. The van der Waals surface area contributed by atoms with Crippen LogP contribution in [0.4, 0.5) is 11.8 Å². The van der Waals surface area contributed by atoms with E-state index in [4.69, 9.17) is 10.5 Å². The number of anilines is 2. The van der Waals surface area contributed by atoms with Gasteiger partial charge in [0.2, 0.25) is 11.8 Å². The van der Waals surface area contributed by atoms with Crippen molar-refractivity contribution in [2.75, 3.05) is 24.7 Å². The van der Waals surface area contributed by atoms with Crippen LogP contribution in [0.5, 0.6) is 5.88 Å². The number of hydrogen-bond donors (Lipinski definition) is 2. The van der Waals surface area contributed by atoms with Crippen LogP contribution < -0.4 is 15.8 Å². The number of rotatable bonds is 16. The van der Waals surface area contributed by atoms with Gasteiger partial charge in [-0.05, 0) is 6.42 Å². The van der Waals surface area contributed by atoms with Gasteiger partial charge in [-0.25, -0.2) is 0 Å². The Labute approximate surface area is 154 Å². The highest BCUT2D eigenvalue weighted by atomic mass is 16.5. The second-order valence-corrected chi connectivity index (χ2v) is 6.82. The molecule has 0 atom stereocenters. The van der Waals surface area contributed by atoms with E-state index in [2.05, 4.69) is 22.2 Å². The first kappa shape index (κ1) is 21.5. The van der Waals surface area contributed by atoms with E-state index in [0.717, 1.165) is 18.8 Å². The minimum absolute atomic E-state index is 0.243. The average molecular weight is 351 g/mol. The zero-order valence-corrected chi connectivity index (χ0v) is 16.4. The molecule has 0 radical (unpaired) electrons. The van der Waals surface area contributed by atoms with Gasteiger partial charge in [-0.2, -0.15) is 9.97 Å². The predicted octanol–water partition coefficient (Wildman–Crippen LogP) is 5.57. The number of unbranched alkanes of at least 4 members (excludes halogenated alkanes) is 12. The smallest absolute Gasteiger partial charge is 0.225 e. The van der Waals surface area contributed by atoms with Gasteiger partial charge in [0.05, 0.1) is 7.11 Å². The summed E-state index contributed by atoms with van der Waals surface area (Å²) >= 11 is 0. The van der Waals surface area contributed by atoms with Gasteiger partial charge in [0, 0.05) is 12.6 Å². The number of nitrogens with two attached hydrogens (primary N) is 1. The van der Waals surface area contributed by atoms with Crippen molar-refractivity contribution in [3.8, 4) is 5.88 Å².